The summed E-state index contributed by atoms with van der Waals surface area (Å²) in [5.74, 6) is 0. The van der Waals surface area contributed by atoms with Gasteiger partial charge in [-0.15, -0.1) is 0 Å². The molecule has 0 amide bonds. The number of aromatic amines is 1. The van der Waals surface area contributed by atoms with Gasteiger partial charge >= 0.3 is 5.13 Å². The fraction of sp³-hybridized carbons (Fsp3) is 0.438. The van der Waals surface area contributed by atoms with Crippen molar-refractivity contribution in [3.8, 4) is 0 Å². The normalized spacial score (nSPS) is 17.7. The summed E-state index contributed by atoms with van der Waals surface area (Å²) in [6.07, 6.45) is 6.17. The molecular formula is C16H21N2S+. The quantitative estimate of drug-likeness (QED) is 0.912. The predicted octanol–water partition coefficient (Wildman–Crippen LogP) is 3.57. The molecule has 19 heavy (non-hydrogen) atoms. The molecule has 1 aliphatic carbocycles. The van der Waals surface area contributed by atoms with Crippen molar-refractivity contribution in [2.75, 3.05) is 5.73 Å². The molecule has 2 aromatic rings. The third kappa shape index (κ3) is 2.16. The average molecular weight is 273 g/mol. The van der Waals surface area contributed by atoms with Crippen molar-refractivity contribution < 1.29 is 4.98 Å². The molecule has 0 saturated heterocycles. The van der Waals surface area contributed by atoms with Gasteiger partial charge in [-0.05, 0) is 30.4 Å². The Morgan fingerprint density at radius 1 is 1.32 bits per heavy atom. The lowest BCUT2D eigenvalue weighted by atomic mass is 9.76. The molecule has 1 aromatic carbocycles. The Morgan fingerprint density at radius 2 is 2.11 bits per heavy atom. The van der Waals surface area contributed by atoms with Crippen molar-refractivity contribution >= 4 is 16.5 Å². The highest BCUT2D eigenvalue weighted by atomic mass is 32.1. The van der Waals surface area contributed by atoms with E-state index >= 15 is 0 Å². The van der Waals surface area contributed by atoms with Crippen molar-refractivity contribution in [3.05, 3.63) is 46.5 Å². The maximum atomic E-state index is 5.90. The van der Waals surface area contributed by atoms with Crippen LogP contribution < -0.4 is 10.7 Å². The summed E-state index contributed by atoms with van der Waals surface area (Å²) in [5, 5.41) is 3.02. The first-order valence-electron chi connectivity index (χ1n) is 7.11. The molecule has 1 aliphatic rings. The number of anilines is 1. The fourth-order valence-corrected chi connectivity index (χ4v) is 4.03. The molecule has 1 saturated carbocycles. The van der Waals surface area contributed by atoms with Crippen molar-refractivity contribution in [1.82, 2.24) is 0 Å². The van der Waals surface area contributed by atoms with Crippen LogP contribution in [0.15, 0.2) is 29.6 Å². The fourth-order valence-electron chi connectivity index (χ4n) is 3.33. The highest BCUT2D eigenvalue weighted by molar-refractivity contribution is 7.13. The highest BCUT2D eigenvalue weighted by Crippen LogP contribution is 2.45. The number of H-pyrrole nitrogens is 1. The summed E-state index contributed by atoms with van der Waals surface area (Å²) in [6, 6.07) is 9.08. The summed E-state index contributed by atoms with van der Waals surface area (Å²) in [6.45, 7) is 2.22. The zero-order valence-electron chi connectivity index (χ0n) is 11.4. The molecule has 1 fully saturated rings. The second-order valence-electron chi connectivity index (χ2n) is 5.48. The lowest BCUT2D eigenvalue weighted by molar-refractivity contribution is -0.373. The minimum absolute atomic E-state index is 0.166. The van der Waals surface area contributed by atoms with Gasteiger partial charge in [0.15, 0.2) is 0 Å². The van der Waals surface area contributed by atoms with Crippen molar-refractivity contribution in [3.63, 3.8) is 0 Å². The van der Waals surface area contributed by atoms with E-state index in [0.29, 0.717) is 0 Å². The Balaban J connectivity index is 2.09. The molecule has 2 nitrogen and oxygen atoms in total. The zero-order chi connectivity index (χ0) is 13.3. The summed E-state index contributed by atoms with van der Waals surface area (Å²) < 4.78 is 0. The van der Waals surface area contributed by atoms with Gasteiger partial charge < -0.3 is 0 Å². The minimum Gasteiger partial charge on any atom is -0.278 e. The first-order valence-corrected chi connectivity index (χ1v) is 7.99. The van der Waals surface area contributed by atoms with Crippen LogP contribution in [0.25, 0.3) is 0 Å². The molecule has 1 heterocycles. The monoisotopic (exact) mass is 273 g/mol. The Kier molecular flexibility index (Phi) is 3.31. The topological polar surface area (TPSA) is 40.2 Å². The van der Waals surface area contributed by atoms with Crippen LogP contribution in [0, 0.1) is 0 Å². The van der Waals surface area contributed by atoms with Gasteiger partial charge in [-0.25, -0.2) is 4.98 Å². The van der Waals surface area contributed by atoms with Gasteiger partial charge in [-0.1, -0.05) is 55.4 Å². The number of nitrogens with two attached hydrogens (primary N) is 1. The van der Waals surface area contributed by atoms with Gasteiger partial charge in [-0.2, -0.15) is 0 Å². The van der Waals surface area contributed by atoms with Gasteiger partial charge in [-0.3, -0.25) is 5.73 Å². The first-order chi connectivity index (χ1) is 9.24. The Bertz CT molecular complexity index is 568. The highest BCUT2D eigenvalue weighted by Gasteiger charge is 2.41. The van der Waals surface area contributed by atoms with E-state index < -0.39 is 0 Å². The second kappa shape index (κ2) is 4.97. The van der Waals surface area contributed by atoms with Crippen LogP contribution in [-0.2, 0) is 11.8 Å². The molecular weight excluding hydrogens is 252 g/mol. The number of nitrogen functional groups attached to an aromatic ring is 1. The smallest absolute Gasteiger partial charge is 0.278 e. The van der Waals surface area contributed by atoms with E-state index in [4.69, 9.17) is 5.73 Å². The SMILES string of the molecule is CCc1cccc(C2(c3csc(N)[nH+]3)CCCC2)c1. The van der Waals surface area contributed by atoms with Crippen molar-refractivity contribution in [2.24, 2.45) is 0 Å². The van der Waals surface area contributed by atoms with Gasteiger partial charge in [0.25, 0.3) is 0 Å². The standard InChI is InChI=1S/C16H20N2S/c1-2-12-6-5-7-13(10-12)16(8-3-4-9-16)14-11-19-15(17)18-14/h5-7,10-11H,2-4,8-9H2,1H3,(H2,17,18)/p+1. The van der Waals surface area contributed by atoms with Crippen LogP contribution in [0.5, 0.6) is 0 Å². The second-order valence-corrected chi connectivity index (χ2v) is 6.39. The van der Waals surface area contributed by atoms with Crippen LogP contribution in [-0.4, -0.2) is 0 Å². The number of rotatable bonds is 3. The lowest BCUT2D eigenvalue weighted by Crippen LogP contribution is -2.30. The molecule has 100 valence electrons. The van der Waals surface area contributed by atoms with Crippen molar-refractivity contribution in [2.45, 2.75) is 44.4 Å². The number of aromatic nitrogens is 1. The summed E-state index contributed by atoms with van der Waals surface area (Å²) in [4.78, 5) is 3.39. The number of nitrogens with one attached hydrogen (secondary N) is 1. The molecule has 0 unspecified atom stereocenters. The minimum atomic E-state index is 0.166. The van der Waals surface area contributed by atoms with E-state index in [1.54, 1.807) is 11.3 Å². The summed E-state index contributed by atoms with van der Waals surface area (Å²) in [5.41, 5.74) is 10.3. The van der Waals surface area contributed by atoms with Crippen LogP contribution in [0.1, 0.15) is 49.4 Å². The molecule has 3 rings (SSSR count). The number of benzene rings is 1. The Labute approximate surface area is 118 Å². The van der Waals surface area contributed by atoms with Crippen molar-refractivity contribution in [1.29, 1.82) is 0 Å². The summed E-state index contributed by atoms with van der Waals surface area (Å²) in [7, 11) is 0. The molecule has 3 heteroatoms. The molecule has 0 bridgehead atoms. The predicted molar refractivity (Wildman–Crippen MR) is 80.4 cm³/mol. The Hall–Kier alpha value is -1.35. The Morgan fingerprint density at radius 3 is 2.74 bits per heavy atom. The average Bonchev–Trinajstić information content (AvgIpc) is 3.08. The van der Waals surface area contributed by atoms with E-state index in [-0.39, 0.29) is 5.41 Å². The van der Waals surface area contributed by atoms with E-state index in [2.05, 4.69) is 41.6 Å². The third-order valence-electron chi connectivity index (χ3n) is 4.42. The van der Waals surface area contributed by atoms with Crippen LogP contribution in [0.4, 0.5) is 5.13 Å². The van der Waals surface area contributed by atoms with Gasteiger partial charge in [0.2, 0.25) is 0 Å². The molecule has 0 atom stereocenters. The largest absolute Gasteiger partial charge is 0.329 e. The molecule has 3 N–H and O–H groups in total. The van der Waals surface area contributed by atoms with Crippen LogP contribution in [0.3, 0.4) is 0 Å². The van der Waals surface area contributed by atoms with E-state index in [1.165, 1.54) is 42.5 Å². The zero-order valence-corrected chi connectivity index (χ0v) is 12.2. The van der Waals surface area contributed by atoms with Gasteiger partial charge in [0.1, 0.15) is 5.69 Å². The van der Waals surface area contributed by atoms with Crippen LogP contribution >= 0.6 is 11.3 Å². The van der Waals surface area contributed by atoms with E-state index in [1.807, 2.05) is 0 Å². The number of aryl methyl sites for hydroxylation is 1. The summed E-state index contributed by atoms with van der Waals surface area (Å²) >= 11 is 1.62. The lowest BCUT2D eigenvalue weighted by Gasteiger charge is -2.26. The maximum Gasteiger partial charge on any atom is 0.329 e. The molecule has 1 aromatic heterocycles. The molecule has 0 aliphatic heterocycles. The van der Waals surface area contributed by atoms with Crippen LogP contribution in [0.2, 0.25) is 0 Å². The van der Waals surface area contributed by atoms with E-state index in [9.17, 15) is 0 Å². The number of hydrogen-bond acceptors (Lipinski definition) is 2. The molecule has 0 radical (unpaired) electrons. The number of hydrogen-bond donors (Lipinski definition) is 1. The van der Waals surface area contributed by atoms with Gasteiger partial charge in [0.05, 0.1) is 5.41 Å². The van der Waals surface area contributed by atoms with Gasteiger partial charge in [0, 0.05) is 5.38 Å². The third-order valence-corrected chi connectivity index (χ3v) is 5.13. The number of thiazole rings is 1. The maximum absolute atomic E-state index is 5.90. The van der Waals surface area contributed by atoms with E-state index in [0.717, 1.165) is 11.6 Å². The molecule has 0 spiro atoms. The first kappa shape index (κ1) is 12.7.